The smallest absolute Gasteiger partial charge is 0.207 e. The molecule has 0 saturated heterocycles. The van der Waals surface area contributed by atoms with E-state index < -0.39 is 10.0 Å². The quantitative estimate of drug-likeness (QED) is 0.750. The molecule has 0 radical (unpaired) electrons. The zero-order valence-electron chi connectivity index (χ0n) is 9.84. The summed E-state index contributed by atoms with van der Waals surface area (Å²) in [5.74, 6) is 0.327. The van der Waals surface area contributed by atoms with Crippen LogP contribution in [-0.2, 0) is 16.4 Å². The van der Waals surface area contributed by atoms with Gasteiger partial charge in [0.2, 0.25) is 10.0 Å². The second-order valence-electron chi connectivity index (χ2n) is 4.64. The molecule has 0 amide bonds. The molecule has 1 aliphatic heterocycles. The Hall–Kier alpha value is -0.870. The molecule has 0 N–H and O–H groups in total. The summed E-state index contributed by atoms with van der Waals surface area (Å²) >= 11 is 0. The number of rotatable bonds is 1. The second kappa shape index (κ2) is 3.86. The highest BCUT2D eigenvalue weighted by Gasteiger charge is 2.36. The molecule has 1 aliphatic rings. The maximum Gasteiger partial charge on any atom is 0.243 e. The van der Waals surface area contributed by atoms with Gasteiger partial charge in [0.1, 0.15) is 0 Å². The number of hydrogen-bond donors (Lipinski definition) is 0. The van der Waals surface area contributed by atoms with Crippen LogP contribution in [0.25, 0.3) is 0 Å². The monoisotopic (exact) mass is 239 g/mol. The van der Waals surface area contributed by atoms with Gasteiger partial charge in [-0.15, -0.1) is 0 Å². The molecule has 0 bridgehead atoms. The molecule has 4 heteroatoms. The van der Waals surface area contributed by atoms with Crippen LogP contribution < -0.4 is 0 Å². The molecule has 1 unspecified atom stereocenters. The minimum Gasteiger partial charge on any atom is -0.207 e. The molecule has 0 saturated carbocycles. The average molecular weight is 239 g/mol. The minimum atomic E-state index is -3.28. The van der Waals surface area contributed by atoms with Crippen LogP contribution in [0.5, 0.6) is 0 Å². The van der Waals surface area contributed by atoms with E-state index in [1.165, 1.54) is 4.31 Å². The zero-order chi connectivity index (χ0) is 11.9. The van der Waals surface area contributed by atoms with E-state index in [4.69, 9.17) is 0 Å². The van der Waals surface area contributed by atoms with Crippen LogP contribution in [0.15, 0.2) is 29.2 Å². The van der Waals surface area contributed by atoms with Gasteiger partial charge in [-0.05, 0) is 24.0 Å². The fraction of sp³-hybridized carbons (Fsp3) is 0.500. The van der Waals surface area contributed by atoms with Crippen LogP contribution in [-0.4, -0.2) is 25.8 Å². The standard InChI is InChI=1S/C12H17NO2S/c1-9(2)11-8-10-6-4-5-7-12(10)16(14,15)13(11)3/h4-7,9,11H,8H2,1-3H3. The lowest BCUT2D eigenvalue weighted by Crippen LogP contribution is -2.45. The summed E-state index contributed by atoms with van der Waals surface area (Å²) in [6.45, 7) is 4.12. The summed E-state index contributed by atoms with van der Waals surface area (Å²) in [6, 6.07) is 7.35. The molecule has 1 heterocycles. The van der Waals surface area contributed by atoms with Gasteiger partial charge in [0.15, 0.2) is 0 Å². The van der Waals surface area contributed by atoms with Crippen LogP contribution in [0.3, 0.4) is 0 Å². The molecule has 2 rings (SSSR count). The van der Waals surface area contributed by atoms with Crippen molar-refractivity contribution in [2.75, 3.05) is 7.05 Å². The molecule has 0 aliphatic carbocycles. The molecule has 0 spiro atoms. The highest BCUT2D eigenvalue weighted by Crippen LogP contribution is 2.31. The van der Waals surface area contributed by atoms with Gasteiger partial charge in [-0.2, -0.15) is 4.31 Å². The summed E-state index contributed by atoms with van der Waals surface area (Å²) in [7, 11) is -1.61. The molecular formula is C12H17NO2S. The predicted molar refractivity (Wildman–Crippen MR) is 63.7 cm³/mol. The fourth-order valence-electron chi connectivity index (χ4n) is 2.27. The van der Waals surface area contributed by atoms with Crippen molar-refractivity contribution in [3.05, 3.63) is 29.8 Å². The van der Waals surface area contributed by atoms with E-state index in [9.17, 15) is 8.42 Å². The van der Waals surface area contributed by atoms with E-state index >= 15 is 0 Å². The van der Waals surface area contributed by atoms with Gasteiger partial charge in [-0.3, -0.25) is 0 Å². The highest BCUT2D eigenvalue weighted by molar-refractivity contribution is 7.89. The lowest BCUT2D eigenvalue weighted by Gasteiger charge is -2.35. The first-order valence-electron chi connectivity index (χ1n) is 5.50. The Balaban J connectivity index is 2.57. The van der Waals surface area contributed by atoms with E-state index in [1.807, 2.05) is 12.1 Å². The van der Waals surface area contributed by atoms with E-state index in [0.717, 1.165) is 12.0 Å². The van der Waals surface area contributed by atoms with Crippen molar-refractivity contribution in [3.63, 3.8) is 0 Å². The Morgan fingerprint density at radius 2 is 1.94 bits per heavy atom. The largest absolute Gasteiger partial charge is 0.243 e. The molecule has 16 heavy (non-hydrogen) atoms. The third-order valence-electron chi connectivity index (χ3n) is 3.30. The summed E-state index contributed by atoms with van der Waals surface area (Å²) in [5.41, 5.74) is 0.944. The summed E-state index contributed by atoms with van der Waals surface area (Å²) < 4.78 is 26.0. The van der Waals surface area contributed by atoms with Crippen LogP contribution in [0, 0.1) is 5.92 Å². The van der Waals surface area contributed by atoms with E-state index in [-0.39, 0.29) is 6.04 Å². The lowest BCUT2D eigenvalue weighted by atomic mass is 9.96. The molecule has 1 atom stereocenters. The van der Waals surface area contributed by atoms with Gasteiger partial charge < -0.3 is 0 Å². The van der Waals surface area contributed by atoms with Crippen LogP contribution >= 0.6 is 0 Å². The van der Waals surface area contributed by atoms with E-state index in [1.54, 1.807) is 19.2 Å². The van der Waals surface area contributed by atoms with Gasteiger partial charge >= 0.3 is 0 Å². The molecular weight excluding hydrogens is 222 g/mol. The average Bonchev–Trinajstić information content (AvgIpc) is 2.23. The van der Waals surface area contributed by atoms with Crippen LogP contribution in [0.4, 0.5) is 0 Å². The lowest BCUT2D eigenvalue weighted by molar-refractivity contribution is 0.281. The van der Waals surface area contributed by atoms with E-state index in [2.05, 4.69) is 13.8 Å². The number of sulfonamides is 1. The Labute approximate surface area is 97.1 Å². The van der Waals surface area contributed by atoms with Crippen molar-refractivity contribution in [2.45, 2.75) is 31.2 Å². The molecule has 0 aromatic heterocycles. The van der Waals surface area contributed by atoms with Crippen molar-refractivity contribution in [1.82, 2.24) is 4.31 Å². The van der Waals surface area contributed by atoms with Crippen molar-refractivity contribution in [1.29, 1.82) is 0 Å². The summed E-state index contributed by atoms with van der Waals surface area (Å²) in [5, 5.41) is 0. The molecule has 0 fully saturated rings. The Morgan fingerprint density at radius 1 is 1.31 bits per heavy atom. The Kier molecular flexibility index (Phi) is 2.80. The maximum absolute atomic E-state index is 12.2. The topological polar surface area (TPSA) is 37.4 Å². The molecule has 88 valence electrons. The van der Waals surface area contributed by atoms with Crippen molar-refractivity contribution < 1.29 is 8.42 Å². The summed E-state index contributed by atoms with van der Waals surface area (Å²) in [6.07, 6.45) is 0.809. The van der Waals surface area contributed by atoms with Gasteiger partial charge in [-0.25, -0.2) is 8.42 Å². The predicted octanol–water partition coefficient (Wildman–Crippen LogP) is 1.89. The first-order valence-corrected chi connectivity index (χ1v) is 6.94. The zero-order valence-corrected chi connectivity index (χ0v) is 10.7. The van der Waals surface area contributed by atoms with Gasteiger partial charge in [0.05, 0.1) is 4.90 Å². The normalized spacial score (nSPS) is 24.4. The van der Waals surface area contributed by atoms with Gasteiger partial charge in [-0.1, -0.05) is 32.0 Å². The highest BCUT2D eigenvalue weighted by atomic mass is 32.2. The fourth-order valence-corrected chi connectivity index (χ4v) is 3.98. The van der Waals surface area contributed by atoms with E-state index in [0.29, 0.717) is 10.8 Å². The number of benzene rings is 1. The summed E-state index contributed by atoms with van der Waals surface area (Å²) in [4.78, 5) is 0.467. The molecule has 1 aromatic carbocycles. The van der Waals surface area contributed by atoms with Crippen LogP contribution in [0.1, 0.15) is 19.4 Å². The maximum atomic E-state index is 12.2. The first kappa shape index (κ1) is 11.6. The van der Waals surface area contributed by atoms with Crippen molar-refractivity contribution >= 4 is 10.0 Å². The number of hydrogen-bond acceptors (Lipinski definition) is 2. The van der Waals surface area contributed by atoms with Gasteiger partial charge in [0, 0.05) is 13.1 Å². The molecule has 3 nitrogen and oxygen atoms in total. The Bertz CT molecular complexity index is 493. The third-order valence-corrected chi connectivity index (χ3v) is 5.28. The number of likely N-dealkylation sites (N-methyl/N-ethyl adjacent to an activating group) is 1. The van der Waals surface area contributed by atoms with Gasteiger partial charge in [0.25, 0.3) is 0 Å². The first-order chi connectivity index (χ1) is 7.44. The molecule has 1 aromatic rings. The van der Waals surface area contributed by atoms with Crippen molar-refractivity contribution in [3.8, 4) is 0 Å². The third kappa shape index (κ3) is 1.66. The number of fused-ring (bicyclic) bond motifs is 1. The minimum absolute atomic E-state index is 0.0694. The SMILES string of the molecule is CC(C)C1Cc2ccccc2S(=O)(=O)N1C. The van der Waals surface area contributed by atoms with Crippen LogP contribution in [0.2, 0.25) is 0 Å². The van der Waals surface area contributed by atoms with Crippen molar-refractivity contribution in [2.24, 2.45) is 5.92 Å². The Morgan fingerprint density at radius 3 is 2.56 bits per heavy atom. The number of nitrogens with zero attached hydrogens (tertiary/aromatic N) is 1. The second-order valence-corrected chi connectivity index (χ2v) is 6.61.